The van der Waals surface area contributed by atoms with Crippen LogP contribution in [0.4, 0.5) is 0 Å². The molecule has 0 aromatic rings. The molecule has 13 heavy (non-hydrogen) atoms. The normalized spacial score (nSPS) is 21.5. The predicted octanol–water partition coefficient (Wildman–Crippen LogP) is -0.164. The van der Waals surface area contributed by atoms with Gasteiger partial charge in [-0.1, -0.05) is 0 Å². The Kier molecular flexibility index (Phi) is 4.06. The van der Waals surface area contributed by atoms with Gasteiger partial charge in [0.25, 0.3) is 0 Å². The summed E-state index contributed by atoms with van der Waals surface area (Å²) in [6, 6.07) is 1.97. The van der Waals surface area contributed by atoms with Crippen LogP contribution in [0.15, 0.2) is 0 Å². The number of thioether (sulfide) groups is 1. The fraction of sp³-hybridized carbons (Fsp3) is 0.750. The van der Waals surface area contributed by atoms with Gasteiger partial charge >= 0.3 is 0 Å². The van der Waals surface area contributed by atoms with Crippen molar-refractivity contribution in [3.63, 3.8) is 0 Å². The number of carbonyl (C=O) groups excluding carboxylic acids is 1. The van der Waals surface area contributed by atoms with Gasteiger partial charge < -0.3 is 10.0 Å². The summed E-state index contributed by atoms with van der Waals surface area (Å²) in [6.45, 7) is 1.10. The number of aliphatic hydroxyl groups excluding tert-OH is 1. The Morgan fingerprint density at radius 1 is 1.77 bits per heavy atom. The van der Waals surface area contributed by atoms with E-state index in [0.717, 1.165) is 0 Å². The van der Waals surface area contributed by atoms with Gasteiger partial charge in [0.15, 0.2) is 0 Å². The van der Waals surface area contributed by atoms with Crippen molar-refractivity contribution in [2.24, 2.45) is 0 Å². The minimum atomic E-state index is -0.357. The Labute approximate surface area is 81.5 Å². The number of hydrogen-bond acceptors (Lipinski definition) is 4. The Morgan fingerprint density at radius 3 is 3.08 bits per heavy atom. The molecule has 1 aliphatic heterocycles. The Balaban J connectivity index is 2.21. The lowest BCUT2D eigenvalue weighted by Crippen LogP contribution is -2.31. The van der Waals surface area contributed by atoms with Crippen molar-refractivity contribution < 1.29 is 9.90 Å². The molecule has 1 rings (SSSR count). The molecule has 5 heteroatoms. The van der Waals surface area contributed by atoms with Gasteiger partial charge in [0, 0.05) is 13.1 Å². The highest BCUT2D eigenvalue weighted by atomic mass is 32.2. The van der Waals surface area contributed by atoms with Crippen molar-refractivity contribution in [1.82, 2.24) is 4.90 Å². The molecule has 0 aromatic carbocycles. The molecule has 1 fully saturated rings. The van der Waals surface area contributed by atoms with Crippen molar-refractivity contribution in [2.75, 3.05) is 24.6 Å². The van der Waals surface area contributed by atoms with Crippen molar-refractivity contribution >= 4 is 17.7 Å². The molecular formula is C8H12N2O2S. The van der Waals surface area contributed by atoms with Crippen molar-refractivity contribution in [3.8, 4) is 6.07 Å². The summed E-state index contributed by atoms with van der Waals surface area (Å²) >= 11 is 1.32. The van der Waals surface area contributed by atoms with Crippen LogP contribution in [0.5, 0.6) is 0 Å². The summed E-state index contributed by atoms with van der Waals surface area (Å²) < 4.78 is 0. The molecular weight excluding hydrogens is 188 g/mol. The molecule has 0 saturated carbocycles. The third-order valence-electron chi connectivity index (χ3n) is 1.91. The van der Waals surface area contributed by atoms with E-state index in [1.54, 1.807) is 4.90 Å². The van der Waals surface area contributed by atoms with Crippen LogP contribution in [-0.2, 0) is 4.79 Å². The van der Waals surface area contributed by atoms with E-state index in [0.29, 0.717) is 31.0 Å². The quantitative estimate of drug-likeness (QED) is 0.643. The summed E-state index contributed by atoms with van der Waals surface area (Å²) in [6.07, 6.45) is 0.319. The highest BCUT2D eigenvalue weighted by molar-refractivity contribution is 8.00. The highest BCUT2D eigenvalue weighted by Crippen LogP contribution is 2.11. The van der Waals surface area contributed by atoms with Gasteiger partial charge in [-0.25, -0.2) is 0 Å². The van der Waals surface area contributed by atoms with Crippen LogP contribution in [0, 0.1) is 11.3 Å². The molecule has 72 valence electrons. The van der Waals surface area contributed by atoms with Gasteiger partial charge in [-0.3, -0.25) is 4.79 Å². The summed E-state index contributed by atoms with van der Waals surface area (Å²) in [5, 5.41) is 17.4. The second-order valence-corrected chi connectivity index (χ2v) is 3.92. The molecule has 4 nitrogen and oxygen atoms in total. The van der Waals surface area contributed by atoms with Gasteiger partial charge in [0.2, 0.25) is 5.91 Å². The van der Waals surface area contributed by atoms with Gasteiger partial charge in [-0.05, 0) is 6.42 Å². The summed E-state index contributed by atoms with van der Waals surface area (Å²) in [5.41, 5.74) is 0. The lowest BCUT2D eigenvalue weighted by molar-refractivity contribution is -0.127. The molecule has 0 aliphatic carbocycles. The fourth-order valence-electron chi connectivity index (χ4n) is 1.24. The molecule has 1 atom stereocenters. The van der Waals surface area contributed by atoms with Crippen molar-refractivity contribution in [1.29, 1.82) is 5.26 Å². The maximum atomic E-state index is 11.4. The average molecular weight is 200 g/mol. The molecule has 0 unspecified atom stereocenters. The molecule has 1 heterocycles. The number of likely N-dealkylation sites (tertiary alicyclic amines) is 1. The third-order valence-corrected chi connectivity index (χ3v) is 2.69. The van der Waals surface area contributed by atoms with Crippen LogP contribution in [0.3, 0.4) is 0 Å². The summed E-state index contributed by atoms with van der Waals surface area (Å²) in [7, 11) is 0. The second kappa shape index (κ2) is 5.10. The number of nitrogens with zero attached hydrogens (tertiary/aromatic N) is 2. The first-order chi connectivity index (χ1) is 6.24. The SMILES string of the molecule is N#CCSCC(=O)N1CC[C@@H](O)C1. The van der Waals surface area contributed by atoms with Crippen LogP contribution in [0.1, 0.15) is 6.42 Å². The molecule has 0 bridgehead atoms. The Hall–Kier alpha value is -0.730. The van der Waals surface area contributed by atoms with E-state index >= 15 is 0 Å². The number of hydrogen-bond donors (Lipinski definition) is 1. The zero-order valence-corrected chi connectivity index (χ0v) is 8.09. The molecule has 0 radical (unpaired) electrons. The fourth-order valence-corrected chi connectivity index (χ4v) is 1.79. The van der Waals surface area contributed by atoms with Crippen LogP contribution >= 0.6 is 11.8 Å². The number of amides is 1. The largest absolute Gasteiger partial charge is 0.391 e. The average Bonchev–Trinajstić information content (AvgIpc) is 2.52. The van der Waals surface area contributed by atoms with E-state index in [9.17, 15) is 4.79 Å². The zero-order valence-electron chi connectivity index (χ0n) is 7.27. The van der Waals surface area contributed by atoms with Crippen molar-refractivity contribution in [2.45, 2.75) is 12.5 Å². The van der Waals surface area contributed by atoms with Crippen LogP contribution in [0.25, 0.3) is 0 Å². The monoisotopic (exact) mass is 200 g/mol. The number of carbonyl (C=O) groups is 1. The first-order valence-electron chi connectivity index (χ1n) is 4.14. The maximum absolute atomic E-state index is 11.4. The minimum absolute atomic E-state index is 0.0248. The number of nitriles is 1. The molecule has 1 saturated heterocycles. The highest BCUT2D eigenvalue weighted by Gasteiger charge is 2.23. The number of β-amino-alcohol motifs (C(OH)–C–C–N with tert-alkyl or cyclic N) is 1. The topological polar surface area (TPSA) is 64.3 Å². The Morgan fingerprint density at radius 2 is 2.54 bits per heavy atom. The van der Waals surface area contributed by atoms with E-state index in [2.05, 4.69) is 0 Å². The van der Waals surface area contributed by atoms with Gasteiger partial charge in [0.05, 0.1) is 23.7 Å². The third kappa shape index (κ3) is 3.25. The lowest BCUT2D eigenvalue weighted by Gasteiger charge is -2.14. The molecule has 1 aliphatic rings. The van der Waals surface area contributed by atoms with Crippen LogP contribution in [0.2, 0.25) is 0 Å². The first-order valence-corrected chi connectivity index (χ1v) is 5.30. The van der Waals surface area contributed by atoms with Gasteiger partial charge in [-0.15, -0.1) is 11.8 Å². The molecule has 0 aromatic heterocycles. The zero-order chi connectivity index (χ0) is 9.68. The number of rotatable bonds is 3. The van der Waals surface area contributed by atoms with E-state index in [-0.39, 0.29) is 12.0 Å². The maximum Gasteiger partial charge on any atom is 0.232 e. The standard InChI is InChI=1S/C8H12N2O2S/c9-2-4-13-6-8(12)10-3-1-7(11)5-10/h7,11H,1,3-6H2/t7-/m1/s1. The van der Waals surface area contributed by atoms with Crippen LogP contribution in [-0.4, -0.2) is 46.6 Å². The Bertz CT molecular complexity index is 227. The summed E-state index contributed by atoms with van der Waals surface area (Å²) in [5.74, 6) is 0.722. The van der Waals surface area contributed by atoms with E-state index in [1.807, 2.05) is 6.07 Å². The first kappa shape index (κ1) is 10.4. The minimum Gasteiger partial charge on any atom is -0.391 e. The molecule has 1 amide bonds. The lowest BCUT2D eigenvalue weighted by atomic mass is 10.3. The second-order valence-electron chi connectivity index (χ2n) is 2.93. The number of aliphatic hydroxyl groups is 1. The van der Waals surface area contributed by atoms with E-state index in [1.165, 1.54) is 11.8 Å². The molecule has 1 N–H and O–H groups in total. The van der Waals surface area contributed by atoms with Gasteiger partial charge in [-0.2, -0.15) is 5.26 Å². The van der Waals surface area contributed by atoms with Crippen LogP contribution < -0.4 is 0 Å². The summed E-state index contributed by atoms with van der Waals surface area (Å²) in [4.78, 5) is 13.0. The molecule has 0 spiro atoms. The predicted molar refractivity (Wildman–Crippen MR) is 50.1 cm³/mol. The van der Waals surface area contributed by atoms with E-state index in [4.69, 9.17) is 10.4 Å². The van der Waals surface area contributed by atoms with Crippen molar-refractivity contribution in [3.05, 3.63) is 0 Å². The van der Waals surface area contributed by atoms with E-state index < -0.39 is 0 Å². The smallest absolute Gasteiger partial charge is 0.232 e. The van der Waals surface area contributed by atoms with Gasteiger partial charge in [0.1, 0.15) is 0 Å².